The van der Waals surface area contributed by atoms with Gasteiger partial charge in [0.05, 0.1) is 26.2 Å². The second-order valence-corrected chi connectivity index (χ2v) is 7.19. The van der Waals surface area contributed by atoms with E-state index in [9.17, 15) is 9.59 Å². The lowest BCUT2D eigenvalue weighted by molar-refractivity contribution is -0.143. The van der Waals surface area contributed by atoms with Crippen molar-refractivity contribution in [2.24, 2.45) is 0 Å². The van der Waals surface area contributed by atoms with Gasteiger partial charge in [0, 0.05) is 10.0 Å². The minimum atomic E-state index is -0.610. The molecule has 1 atom stereocenters. The number of nitrogens with one attached hydrogen (secondary N) is 1. The van der Waals surface area contributed by atoms with Crippen LogP contribution < -0.4 is 10.1 Å². The van der Waals surface area contributed by atoms with Crippen LogP contribution >= 0.6 is 15.9 Å². The molecule has 1 N–H and O–H groups in total. The molecule has 0 heterocycles. The number of methoxy groups -OCH3 is 1. The van der Waals surface area contributed by atoms with Gasteiger partial charge in [-0.2, -0.15) is 0 Å². The Morgan fingerprint density at radius 3 is 2.38 bits per heavy atom. The summed E-state index contributed by atoms with van der Waals surface area (Å²) in [6.07, 6.45) is 0.323. The third kappa shape index (κ3) is 7.09. The highest BCUT2D eigenvalue weighted by Crippen LogP contribution is 2.22. The number of halogens is 1. The van der Waals surface area contributed by atoms with Crippen LogP contribution in [0.2, 0.25) is 0 Å². The molecule has 0 saturated carbocycles. The van der Waals surface area contributed by atoms with Crippen molar-refractivity contribution in [2.75, 3.05) is 13.7 Å². The molecule has 0 bridgehead atoms. The highest BCUT2D eigenvalue weighted by molar-refractivity contribution is 9.10. The Morgan fingerprint density at radius 2 is 1.79 bits per heavy atom. The van der Waals surface area contributed by atoms with Crippen molar-refractivity contribution < 1.29 is 23.8 Å². The lowest BCUT2D eigenvalue weighted by atomic mass is 10.0. The van der Waals surface area contributed by atoms with Crippen molar-refractivity contribution in [1.82, 2.24) is 5.32 Å². The van der Waals surface area contributed by atoms with E-state index in [-0.39, 0.29) is 19.6 Å². The van der Waals surface area contributed by atoms with Crippen LogP contribution in [0.1, 0.15) is 43.0 Å². The summed E-state index contributed by atoms with van der Waals surface area (Å²) in [6.45, 7) is 4.21. The summed E-state index contributed by atoms with van der Waals surface area (Å²) >= 11 is 3.50. The van der Waals surface area contributed by atoms with E-state index in [2.05, 4.69) is 28.2 Å². The summed E-state index contributed by atoms with van der Waals surface area (Å²) in [6, 6.07) is 12.5. The molecule has 2 aromatic rings. The molecule has 0 unspecified atom stereocenters. The molecule has 0 aliphatic rings. The standard InChI is InChI=1S/C22H26BrNO5/c1-4-15-6-7-17(19(23)12-15)14-29-22(26)24-20(13-21(25)28-5-2)16-8-10-18(27-3)11-9-16/h6-12,20H,4-5,13-14H2,1-3H3,(H,24,26)/t20-/m0/s1. The van der Waals surface area contributed by atoms with E-state index < -0.39 is 18.1 Å². The molecule has 6 nitrogen and oxygen atoms in total. The fourth-order valence-electron chi connectivity index (χ4n) is 2.73. The summed E-state index contributed by atoms with van der Waals surface area (Å²) in [7, 11) is 1.58. The molecule has 0 radical (unpaired) electrons. The number of rotatable bonds is 9. The lowest BCUT2D eigenvalue weighted by Gasteiger charge is -2.19. The SMILES string of the molecule is CCOC(=O)C[C@H](NC(=O)OCc1ccc(CC)cc1Br)c1ccc(OC)cc1. The van der Waals surface area contributed by atoms with Gasteiger partial charge in [-0.25, -0.2) is 4.79 Å². The molecule has 0 saturated heterocycles. The van der Waals surface area contributed by atoms with Crippen molar-refractivity contribution >= 4 is 28.0 Å². The molecule has 0 aliphatic carbocycles. The lowest BCUT2D eigenvalue weighted by Crippen LogP contribution is -2.31. The average Bonchev–Trinajstić information content (AvgIpc) is 2.72. The number of hydrogen-bond acceptors (Lipinski definition) is 5. The zero-order valence-electron chi connectivity index (χ0n) is 16.9. The maximum Gasteiger partial charge on any atom is 0.407 e. The Morgan fingerprint density at radius 1 is 1.07 bits per heavy atom. The van der Waals surface area contributed by atoms with Gasteiger partial charge in [-0.05, 0) is 42.7 Å². The van der Waals surface area contributed by atoms with E-state index in [0.717, 1.165) is 22.0 Å². The summed E-state index contributed by atoms with van der Waals surface area (Å²) in [5.41, 5.74) is 2.81. The van der Waals surface area contributed by atoms with Crippen LogP contribution in [-0.2, 0) is 27.3 Å². The number of hydrogen-bond donors (Lipinski definition) is 1. The predicted molar refractivity (Wildman–Crippen MR) is 114 cm³/mol. The number of carbonyl (C=O) groups is 2. The van der Waals surface area contributed by atoms with Gasteiger partial charge in [0.15, 0.2) is 0 Å². The number of esters is 1. The number of carbonyl (C=O) groups excluding carboxylic acids is 2. The van der Waals surface area contributed by atoms with Gasteiger partial charge in [-0.3, -0.25) is 4.79 Å². The second kappa shape index (κ2) is 11.5. The van der Waals surface area contributed by atoms with E-state index in [0.29, 0.717) is 5.75 Å². The largest absolute Gasteiger partial charge is 0.497 e. The highest BCUT2D eigenvalue weighted by Gasteiger charge is 2.20. The summed E-state index contributed by atoms with van der Waals surface area (Å²) < 4.78 is 16.4. The highest BCUT2D eigenvalue weighted by atomic mass is 79.9. The minimum Gasteiger partial charge on any atom is -0.497 e. The van der Waals surface area contributed by atoms with Gasteiger partial charge in [0.25, 0.3) is 0 Å². The quantitative estimate of drug-likeness (QED) is 0.533. The zero-order valence-corrected chi connectivity index (χ0v) is 18.5. The maximum absolute atomic E-state index is 12.4. The third-order valence-electron chi connectivity index (χ3n) is 4.37. The molecule has 1 amide bonds. The number of benzene rings is 2. The van der Waals surface area contributed by atoms with Crippen LogP contribution in [0.3, 0.4) is 0 Å². The predicted octanol–water partition coefficient (Wildman–Crippen LogP) is 4.94. The molecule has 7 heteroatoms. The van der Waals surface area contributed by atoms with Gasteiger partial charge in [-0.1, -0.05) is 47.1 Å². The first kappa shape index (κ1) is 22.7. The molecular weight excluding hydrogens is 438 g/mol. The van der Waals surface area contributed by atoms with Crippen molar-refractivity contribution in [2.45, 2.75) is 39.3 Å². The van der Waals surface area contributed by atoms with Gasteiger partial charge < -0.3 is 19.5 Å². The molecule has 29 heavy (non-hydrogen) atoms. The van der Waals surface area contributed by atoms with Crippen LogP contribution in [0.5, 0.6) is 5.75 Å². The van der Waals surface area contributed by atoms with Crippen molar-refractivity contribution in [3.8, 4) is 5.75 Å². The van der Waals surface area contributed by atoms with Crippen LogP contribution in [0, 0.1) is 0 Å². The van der Waals surface area contributed by atoms with Gasteiger partial charge in [-0.15, -0.1) is 0 Å². The van der Waals surface area contributed by atoms with E-state index in [1.54, 1.807) is 38.3 Å². The normalized spacial score (nSPS) is 11.4. The van der Waals surface area contributed by atoms with E-state index >= 15 is 0 Å². The molecule has 2 rings (SSSR count). The first-order valence-electron chi connectivity index (χ1n) is 9.47. The topological polar surface area (TPSA) is 73.9 Å². The van der Waals surface area contributed by atoms with Crippen molar-refractivity contribution in [1.29, 1.82) is 0 Å². The minimum absolute atomic E-state index is 0.00413. The van der Waals surface area contributed by atoms with Gasteiger partial charge in [0.1, 0.15) is 12.4 Å². The van der Waals surface area contributed by atoms with E-state index in [1.807, 2.05) is 18.2 Å². The first-order valence-corrected chi connectivity index (χ1v) is 10.3. The maximum atomic E-state index is 12.4. The fraction of sp³-hybridized carbons (Fsp3) is 0.364. The summed E-state index contributed by atoms with van der Waals surface area (Å²) in [5, 5.41) is 2.75. The second-order valence-electron chi connectivity index (χ2n) is 6.33. The molecule has 156 valence electrons. The van der Waals surface area contributed by atoms with Gasteiger partial charge in [0.2, 0.25) is 0 Å². The van der Waals surface area contributed by atoms with Crippen molar-refractivity contribution in [3.63, 3.8) is 0 Å². The van der Waals surface area contributed by atoms with Gasteiger partial charge >= 0.3 is 12.1 Å². The van der Waals surface area contributed by atoms with Crippen molar-refractivity contribution in [3.05, 3.63) is 63.6 Å². The fourth-order valence-corrected chi connectivity index (χ4v) is 3.27. The van der Waals surface area contributed by atoms with E-state index in [4.69, 9.17) is 14.2 Å². The van der Waals surface area contributed by atoms with Crippen LogP contribution in [0.4, 0.5) is 4.79 Å². The molecule has 0 aliphatic heterocycles. The molecular formula is C22H26BrNO5. The number of alkyl carbamates (subject to hydrolysis) is 1. The monoisotopic (exact) mass is 463 g/mol. The summed E-state index contributed by atoms with van der Waals surface area (Å²) in [4.78, 5) is 24.3. The first-order chi connectivity index (χ1) is 14.0. The molecule has 0 spiro atoms. The Labute approximate surface area is 179 Å². The number of ether oxygens (including phenoxy) is 3. The molecule has 0 fully saturated rings. The Kier molecular flexibility index (Phi) is 8.99. The molecule has 0 aromatic heterocycles. The number of aryl methyl sites for hydroxylation is 1. The average molecular weight is 464 g/mol. The summed E-state index contributed by atoms with van der Waals surface area (Å²) in [5.74, 6) is 0.290. The Bertz CT molecular complexity index is 822. The smallest absolute Gasteiger partial charge is 0.407 e. The third-order valence-corrected chi connectivity index (χ3v) is 5.11. The van der Waals surface area contributed by atoms with Crippen LogP contribution in [0.25, 0.3) is 0 Å². The van der Waals surface area contributed by atoms with Crippen LogP contribution in [0.15, 0.2) is 46.9 Å². The van der Waals surface area contributed by atoms with E-state index in [1.165, 1.54) is 5.56 Å². The zero-order chi connectivity index (χ0) is 21.2. The Balaban J connectivity index is 2.04. The molecule has 2 aromatic carbocycles. The number of amides is 1. The Hall–Kier alpha value is -2.54. The van der Waals surface area contributed by atoms with Crippen LogP contribution in [-0.4, -0.2) is 25.8 Å².